The van der Waals surface area contributed by atoms with Crippen molar-refractivity contribution in [1.29, 1.82) is 5.26 Å². The number of fused-ring (bicyclic) bond motifs is 1. The average Bonchev–Trinajstić information content (AvgIpc) is 3.19. The van der Waals surface area contributed by atoms with Crippen molar-refractivity contribution in [3.63, 3.8) is 0 Å². The molecule has 0 radical (unpaired) electrons. The van der Waals surface area contributed by atoms with Gasteiger partial charge in [0, 0.05) is 37.2 Å². The molecule has 28 heavy (non-hydrogen) atoms. The minimum absolute atomic E-state index is 0.0839. The minimum atomic E-state index is 0.0839. The lowest BCUT2D eigenvalue weighted by Gasteiger charge is -2.09. The first kappa shape index (κ1) is 20.2. The second-order valence-corrected chi connectivity index (χ2v) is 7.53. The molecule has 2 heterocycles. The molecule has 0 aliphatic carbocycles. The SMILES string of the molecule is COCCn1c(C)cc(C(=O)CSc2nc3ccccc3n2CCC#N)c1C. The predicted molar refractivity (Wildman–Crippen MR) is 111 cm³/mol. The Morgan fingerprint density at radius 3 is 2.79 bits per heavy atom. The number of hydrogen-bond donors (Lipinski definition) is 0. The summed E-state index contributed by atoms with van der Waals surface area (Å²) in [4.78, 5) is 17.5. The molecule has 3 rings (SSSR count). The number of Topliss-reactive ketones (excluding diaryl/α,β-unsaturated/α-hetero) is 1. The first-order valence-electron chi connectivity index (χ1n) is 9.20. The molecule has 0 spiro atoms. The summed E-state index contributed by atoms with van der Waals surface area (Å²) in [7, 11) is 1.68. The highest BCUT2D eigenvalue weighted by Gasteiger charge is 2.18. The third-order valence-electron chi connectivity index (χ3n) is 4.79. The molecule has 1 aromatic carbocycles. The predicted octanol–water partition coefficient (Wildman–Crippen LogP) is 3.99. The van der Waals surface area contributed by atoms with E-state index >= 15 is 0 Å². The molecule has 146 valence electrons. The molecule has 0 atom stereocenters. The number of thioether (sulfide) groups is 1. The number of ether oxygens (including phenoxy) is 1. The van der Waals surface area contributed by atoms with Crippen molar-refractivity contribution in [2.45, 2.75) is 38.5 Å². The van der Waals surface area contributed by atoms with Gasteiger partial charge in [-0.1, -0.05) is 23.9 Å². The minimum Gasteiger partial charge on any atom is -0.383 e. The number of nitriles is 1. The van der Waals surface area contributed by atoms with Crippen molar-refractivity contribution in [2.24, 2.45) is 0 Å². The van der Waals surface area contributed by atoms with Gasteiger partial charge in [0.2, 0.25) is 0 Å². The summed E-state index contributed by atoms with van der Waals surface area (Å²) in [5.41, 5.74) is 4.65. The van der Waals surface area contributed by atoms with Crippen molar-refractivity contribution in [3.8, 4) is 6.07 Å². The number of rotatable bonds is 9. The van der Waals surface area contributed by atoms with Crippen LogP contribution in [-0.2, 0) is 17.8 Å². The molecule has 0 bridgehead atoms. The molecule has 0 saturated heterocycles. The fourth-order valence-electron chi connectivity index (χ4n) is 3.36. The van der Waals surface area contributed by atoms with Gasteiger partial charge in [0.05, 0.1) is 35.9 Å². The molecule has 6 nitrogen and oxygen atoms in total. The van der Waals surface area contributed by atoms with Crippen LogP contribution in [0.15, 0.2) is 35.5 Å². The normalized spacial score (nSPS) is 11.1. The van der Waals surface area contributed by atoms with E-state index in [0.29, 0.717) is 25.3 Å². The van der Waals surface area contributed by atoms with Crippen LogP contribution in [0, 0.1) is 25.2 Å². The second-order valence-electron chi connectivity index (χ2n) is 6.58. The van der Waals surface area contributed by atoms with E-state index < -0.39 is 0 Å². The summed E-state index contributed by atoms with van der Waals surface area (Å²) in [5.74, 6) is 0.394. The van der Waals surface area contributed by atoms with Crippen LogP contribution in [0.4, 0.5) is 0 Å². The van der Waals surface area contributed by atoms with Crippen LogP contribution in [0.1, 0.15) is 28.2 Å². The highest BCUT2D eigenvalue weighted by Crippen LogP contribution is 2.26. The van der Waals surface area contributed by atoms with E-state index in [2.05, 4.69) is 15.6 Å². The first-order valence-corrected chi connectivity index (χ1v) is 10.2. The van der Waals surface area contributed by atoms with E-state index in [9.17, 15) is 4.79 Å². The molecule has 0 N–H and O–H groups in total. The molecule has 0 amide bonds. The van der Waals surface area contributed by atoms with Crippen molar-refractivity contribution in [1.82, 2.24) is 14.1 Å². The van der Waals surface area contributed by atoms with Gasteiger partial charge in [-0.05, 0) is 32.0 Å². The molecule has 2 aromatic heterocycles. The van der Waals surface area contributed by atoms with Crippen molar-refractivity contribution < 1.29 is 9.53 Å². The lowest BCUT2D eigenvalue weighted by Crippen LogP contribution is -2.10. The zero-order chi connectivity index (χ0) is 20.1. The fourth-order valence-corrected chi connectivity index (χ4v) is 4.28. The number of ketones is 1. The Morgan fingerprint density at radius 1 is 1.25 bits per heavy atom. The Labute approximate surface area is 169 Å². The fraction of sp³-hybridized carbons (Fsp3) is 0.381. The van der Waals surface area contributed by atoms with Crippen LogP contribution in [0.25, 0.3) is 11.0 Å². The van der Waals surface area contributed by atoms with E-state index in [1.54, 1.807) is 7.11 Å². The topological polar surface area (TPSA) is 72.8 Å². The van der Waals surface area contributed by atoms with Crippen LogP contribution in [0.2, 0.25) is 0 Å². The zero-order valence-corrected chi connectivity index (χ0v) is 17.3. The van der Waals surface area contributed by atoms with Gasteiger partial charge < -0.3 is 13.9 Å². The Hall–Kier alpha value is -2.56. The largest absolute Gasteiger partial charge is 0.383 e. The number of nitrogens with zero attached hydrogens (tertiary/aromatic N) is 4. The van der Waals surface area contributed by atoms with Crippen LogP contribution in [-0.4, -0.2) is 39.4 Å². The summed E-state index contributed by atoms with van der Waals surface area (Å²) in [5, 5.41) is 9.74. The Bertz CT molecular complexity index is 1030. The van der Waals surface area contributed by atoms with E-state index in [1.165, 1.54) is 11.8 Å². The van der Waals surface area contributed by atoms with Gasteiger partial charge in [0.25, 0.3) is 0 Å². The number of hydrogen-bond acceptors (Lipinski definition) is 5. The van der Waals surface area contributed by atoms with E-state index in [4.69, 9.17) is 10.00 Å². The quantitative estimate of drug-likeness (QED) is 0.404. The van der Waals surface area contributed by atoms with Crippen LogP contribution in [0.3, 0.4) is 0 Å². The van der Waals surface area contributed by atoms with Crippen LogP contribution < -0.4 is 0 Å². The zero-order valence-electron chi connectivity index (χ0n) is 16.4. The van der Waals surface area contributed by atoms with Gasteiger partial charge in [-0.25, -0.2) is 4.98 Å². The molecule has 7 heteroatoms. The third-order valence-corrected chi connectivity index (χ3v) is 5.77. The summed E-state index contributed by atoms with van der Waals surface area (Å²) < 4.78 is 9.30. The lowest BCUT2D eigenvalue weighted by molar-refractivity contribution is 0.102. The molecule has 0 aliphatic rings. The van der Waals surface area contributed by atoms with E-state index in [1.807, 2.05) is 48.7 Å². The second kappa shape index (κ2) is 9.09. The number of para-hydroxylation sites is 2. The lowest BCUT2D eigenvalue weighted by atomic mass is 10.2. The summed E-state index contributed by atoms with van der Waals surface area (Å²) in [6, 6.07) is 12.0. The maximum Gasteiger partial charge on any atom is 0.175 e. The van der Waals surface area contributed by atoms with Crippen molar-refractivity contribution in [2.75, 3.05) is 19.5 Å². The highest BCUT2D eigenvalue weighted by atomic mass is 32.2. The molecule has 0 fully saturated rings. The molecule has 3 aromatic rings. The van der Waals surface area contributed by atoms with Crippen LogP contribution >= 0.6 is 11.8 Å². The number of carbonyl (C=O) groups is 1. The van der Waals surface area contributed by atoms with Crippen LogP contribution in [0.5, 0.6) is 0 Å². The summed E-state index contributed by atoms with van der Waals surface area (Å²) >= 11 is 1.43. The van der Waals surface area contributed by atoms with Gasteiger partial charge in [-0.2, -0.15) is 5.26 Å². The number of methoxy groups -OCH3 is 1. The van der Waals surface area contributed by atoms with Gasteiger partial charge in [0.1, 0.15) is 0 Å². The van der Waals surface area contributed by atoms with E-state index in [0.717, 1.165) is 39.7 Å². The first-order chi connectivity index (χ1) is 13.6. The number of benzene rings is 1. The average molecular weight is 397 g/mol. The highest BCUT2D eigenvalue weighted by molar-refractivity contribution is 7.99. The molecular weight excluding hydrogens is 372 g/mol. The number of aryl methyl sites for hydroxylation is 2. The van der Waals surface area contributed by atoms with Gasteiger partial charge in [-0.15, -0.1) is 0 Å². The van der Waals surface area contributed by atoms with Gasteiger partial charge in [0.15, 0.2) is 10.9 Å². The summed E-state index contributed by atoms with van der Waals surface area (Å²) in [6.07, 6.45) is 0.405. The summed E-state index contributed by atoms with van der Waals surface area (Å²) in [6.45, 7) is 5.90. The Balaban J connectivity index is 1.79. The third kappa shape index (κ3) is 4.13. The maximum atomic E-state index is 12.9. The number of aromatic nitrogens is 3. The molecule has 0 saturated carbocycles. The molecular formula is C21H24N4O2S. The van der Waals surface area contributed by atoms with Gasteiger partial charge >= 0.3 is 0 Å². The Morgan fingerprint density at radius 2 is 2.04 bits per heavy atom. The standard InChI is InChI=1S/C21H24N4O2S/c1-15-13-17(16(2)24(15)11-12-27-3)20(26)14-28-21-23-18-7-4-5-8-19(18)25(21)10-6-9-22/h4-5,7-8,13H,6,10-12,14H2,1-3H3. The number of imidazole rings is 1. The van der Waals surface area contributed by atoms with Crippen molar-refractivity contribution in [3.05, 3.63) is 47.3 Å². The Kier molecular flexibility index (Phi) is 6.55. The smallest absolute Gasteiger partial charge is 0.175 e. The molecule has 0 aliphatic heterocycles. The number of carbonyl (C=O) groups excluding carboxylic acids is 1. The van der Waals surface area contributed by atoms with E-state index in [-0.39, 0.29) is 5.78 Å². The molecule has 0 unspecified atom stereocenters. The maximum absolute atomic E-state index is 12.9. The van der Waals surface area contributed by atoms with Gasteiger partial charge in [-0.3, -0.25) is 4.79 Å². The monoisotopic (exact) mass is 396 g/mol. The van der Waals surface area contributed by atoms with Crippen molar-refractivity contribution >= 4 is 28.6 Å².